The van der Waals surface area contributed by atoms with Crippen LogP contribution in [0.2, 0.25) is 0 Å². The Morgan fingerprint density at radius 3 is 2.36 bits per heavy atom. The monoisotopic (exact) mass is 526 g/mol. The Balaban J connectivity index is 0.00000729. The van der Waals surface area contributed by atoms with E-state index in [1.165, 1.54) is 0 Å². The minimum absolute atomic E-state index is 0. The molecule has 9 heteroatoms. The smallest absolute Gasteiger partial charge is 0.213 e. The largest absolute Gasteiger partial charge is 0.378 e. The van der Waals surface area contributed by atoms with E-state index in [0.717, 1.165) is 12.0 Å². The number of hydrogen-bond donors (Lipinski definition) is 3. The molecule has 1 aromatic rings. The second-order valence-corrected chi connectivity index (χ2v) is 8.50. The van der Waals surface area contributed by atoms with E-state index in [1.54, 1.807) is 7.05 Å². The first-order valence-corrected chi connectivity index (χ1v) is 11.1. The lowest BCUT2D eigenvalue weighted by Crippen LogP contribution is -2.42. The van der Waals surface area contributed by atoms with Gasteiger partial charge in [-0.25, -0.2) is 13.1 Å². The first kappa shape index (κ1) is 27.1. The standard InChI is InChI=1S/C19H34N4O3S.HI/c1-5-26-18(16(2)3)11-12-21-19(20-4)22-13-14-27(24,25)23-15-17-9-7-6-8-10-17;/h6-10,16,18,23H,5,11-15H2,1-4H3,(H2,20,21,22);1H. The van der Waals surface area contributed by atoms with Crippen molar-refractivity contribution in [2.24, 2.45) is 10.9 Å². The molecule has 1 aromatic carbocycles. The van der Waals surface area contributed by atoms with Gasteiger partial charge in [-0.2, -0.15) is 0 Å². The summed E-state index contributed by atoms with van der Waals surface area (Å²) < 4.78 is 32.5. The van der Waals surface area contributed by atoms with Crippen molar-refractivity contribution in [1.82, 2.24) is 15.4 Å². The van der Waals surface area contributed by atoms with Crippen LogP contribution in [0.3, 0.4) is 0 Å². The number of sulfonamides is 1. The molecular weight excluding hydrogens is 491 g/mol. The van der Waals surface area contributed by atoms with Crippen LogP contribution in [0.25, 0.3) is 0 Å². The molecule has 0 aliphatic carbocycles. The summed E-state index contributed by atoms with van der Waals surface area (Å²) in [5, 5.41) is 6.24. The van der Waals surface area contributed by atoms with Crippen LogP contribution in [0.4, 0.5) is 0 Å². The van der Waals surface area contributed by atoms with Gasteiger partial charge in [0.15, 0.2) is 5.96 Å². The predicted octanol–water partition coefficient (Wildman–Crippen LogP) is 2.34. The Morgan fingerprint density at radius 2 is 1.79 bits per heavy atom. The number of hydrogen-bond acceptors (Lipinski definition) is 4. The number of halogens is 1. The summed E-state index contributed by atoms with van der Waals surface area (Å²) >= 11 is 0. The normalized spacial score (nSPS) is 13.1. The summed E-state index contributed by atoms with van der Waals surface area (Å²) in [6.07, 6.45) is 1.06. The molecule has 1 unspecified atom stereocenters. The highest BCUT2D eigenvalue weighted by atomic mass is 127. The van der Waals surface area contributed by atoms with Crippen LogP contribution < -0.4 is 15.4 Å². The number of ether oxygens (including phenoxy) is 1. The maximum Gasteiger partial charge on any atom is 0.213 e. The molecule has 0 aromatic heterocycles. The molecule has 0 saturated heterocycles. The fourth-order valence-electron chi connectivity index (χ4n) is 2.54. The number of nitrogens with one attached hydrogen (secondary N) is 3. The van der Waals surface area contributed by atoms with Crippen LogP contribution in [-0.4, -0.2) is 53.0 Å². The van der Waals surface area contributed by atoms with Crippen LogP contribution in [0.5, 0.6) is 0 Å². The SMILES string of the molecule is CCOC(CCNC(=NC)NCCS(=O)(=O)NCc1ccccc1)C(C)C.I. The molecule has 0 saturated carbocycles. The highest BCUT2D eigenvalue weighted by molar-refractivity contribution is 14.0. The van der Waals surface area contributed by atoms with E-state index in [-0.39, 0.29) is 42.4 Å². The Labute approximate surface area is 187 Å². The van der Waals surface area contributed by atoms with Crippen molar-refractivity contribution in [3.05, 3.63) is 35.9 Å². The zero-order valence-corrected chi connectivity index (χ0v) is 20.4. The summed E-state index contributed by atoms with van der Waals surface area (Å²) in [5.74, 6) is 1.02. The third-order valence-corrected chi connectivity index (χ3v) is 5.40. The lowest BCUT2D eigenvalue weighted by molar-refractivity contribution is 0.0258. The first-order chi connectivity index (χ1) is 12.9. The van der Waals surface area contributed by atoms with Crippen LogP contribution in [-0.2, 0) is 21.3 Å². The summed E-state index contributed by atoms with van der Waals surface area (Å²) in [6.45, 7) is 8.26. The van der Waals surface area contributed by atoms with Crippen molar-refractivity contribution in [1.29, 1.82) is 0 Å². The summed E-state index contributed by atoms with van der Waals surface area (Å²) in [4.78, 5) is 4.13. The van der Waals surface area contributed by atoms with Gasteiger partial charge in [-0.15, -0.1) is 24.0 Å². The highest BCUT2D eigenvalue weighted by Gasteiger charge is 2.13. The number of rotatable bonds is 12. The molecule has 0 fully saturated rings. The summed E-state index contributed by atoms with van der Waals surface area (Å²) in [7, 11) is -1.68. The molecule has 1 atom stereocenters. The van der Waals surface area contributed by atoms with Gasteiger partial charge in [0.05, 0.1) is 11.9 Å². The van der Waals surface area contributed by atoms with Crippen LogP contribution in [0, 0.1) is 5.92 Å². The van der Waals surface area contributed by atoms with Gasteiger partial charge in [0.2, 0.25) is 10.0 Å². The molecule has 0 spiro atoms. The number of benzene rings is 1. The van der Waals surface area contributed by atoms with Crippen molar-refractivity contribution in [2.75, 3.05) is 32.5 Å². The average molecular weight is 526 g/mol. The van der Waals surface area contributed by atoms with Crippen molar-refractivity contribution < 1.29 is 13.2 Å². The van der Waals surface area contributed by atoms with Crippen LogP contribution in [0.1, 0.15) is 32.8 Å². The minimum atomic E-state index is -3.35. The van der Waals surface area contributed by atoms with Crippen molar-refractivity contribution in [3.63, 3.8) is 0 Å². The van der Waals surface area contributed by atoms with Crippen molar-refractivity contribution in [2.45, 2.75) is 39.8 Å². The summed E-state index contributed by atoms with van der Waals surface area (Å²) in [6, 6.07) is 9.45. The van der Waals surface area contributed by atoms with E-state index in [2.05, 4.69) is 34.2 Å². The van der Waals surface area contributed by atoms with Crippen molar-refractivity contribution in [3.8, 4) is 0 Å². The second kappa shape index (κ2) is 15.0. The molecule has 0 aliphatic heterocycles. The Bertz CT molecular complexity index is 654. The molecule has 3 N–H and O–H groups in total. The van der Waals surface area contributed by atoms with E-state index in [9.17, 15) is 8.42 Å². The first-order valence-electron chi connectivity index (χ1n) is 9.45. The van der Waals surface area contributed by atoms with E-state index in [4.69, 9.17) is 4.74 Å². The molecule has 1 rings (SSSR count). The van der Waals surface area contributed by atoms with Gasteiger partial charge in [-0.1, -0.05) is 44.2 Å². The number of guanidine groups is 1. The van der Waals surface area contributed by atoms with Crippen LogP contribution in [0.15, 0.2) is 35.3 Å². The van der Waals surface area contributed by atoms with Gasteiger partial charge in [-0.05, 0) is 24.8 Å². The second-order valence-electron chi connectivity index (χ2n) is 6.58. The molecule has 0 aliphatic rings. The van der Waals surface area contributed by atoms with Gasteiger partial charge in [0.1, 0.15) is 0 Å². The molecule has 0 radical (unpaired) electrons. The zero-order chi connectivity index (χ0) is 20.1. The lowest BCUT2D eigenvalue weighted by Gasteiger charge is -2.21. The molecule has 0 heterocycles. The number of nitrogens with zero attached hydrogens (tertiary/aromatic N) is 1. The Morgan fingerprint density at radius 1 is 1.14 bits per heavy atom. The molecule has 7 nitrogen and oxygen atoms in total. The fraction of sp³-hybridized carbons (Fsp3) is 0.632. The van der Waals surface area contributed by atoms with Gasteiger partial charge in [0, 0.05) is 33.3 Å². The highest BCUT2D eigenvalue weighted by Crippen LogP contribution is 2.09. The maximum absolute atomic E-state index is 12.1. The topological polar surface area (TPSA) is 91.8 Å². The average Bonchev–Trinajstić information content (AvgIpc) is 2.65. The summed E-state index contributed by atoms with van der Waals surface area (Å²) in [5.41, 5.74) is 0.931. The van der Waals surface area contributed by atoms with E-state index < -0.39 is 10.0 Å². The van der Waals surface area contributed by atoms with Crippen molar-refractivity contribution >= 4 is 40.0 Å². The minimum Gasteiger partial charge on any atom is -0.378 e. The quantitative estimate of drug-likeness (QED) is 0.221. The predicted molar refractivity (Wildman–Crippen MR) is 127 cm³/mol. The molecular formula is C19H35IN4O3S. The maximum atomic E-state index is 12.1. The van der Waals surface area contributed by atoms with E-state index in [0.29, 0.717) is 31.6 Å². The third kappa shape index (κ3) is 11.8. The van der Waals surface area contributed by atoms with Gasteiger partial charge in [0.25, 0.3) is 0 Å². The van der Waals surface area contributed by atoms with Gasteiger partial charge in [-0.3, -0.25) is 4.99 Å². The van der Waals surface area contributed by atoms with E-state index in [1.807, 2.05) is 37.3 Å². The molecule has 162 valence electrons. The lowest BCUT2D eigenvalue weighted by atomic mass is 10.0. The zero-order valence-electron chi connectivity index (χ0n) is 17.3. The van der Waals surface area contributed by atoms with E-state index >= 15 is 0 Å². The Hall–Kier alpha value is -0.910. The van der Waals surface area contributed by atoms with Gasteiger partial charge >= 0.3 is 0 Å². The fourth-order valence-corrected chi connectivity index (χ4v) is 3.44. The van der Waals surface area contributed by atoms with Gasteiger partial charge < -0.3 is 15.4 Å². The van der Waals surface area contributed by atoms with Crippen LogP contribution >= 0.6 is 24.0 Å². The molecule has 0 bridgehead atoms. The molecule has 0 amide bonds. The Kier molecular flexibility index (Phi) is 14.5. The molecule has 28 heavy (non-hydrogen) atoms. The third-order valence-electron chi connectivity index (χ3n) is 4.07. The number of aliphatic imine (C=N–C) groups is 1.